The summed E-state index contributed by atoms with van der Waals surface area (Å²) in [6, 6.07) is 6.10. The van der Waals surface area contributed by atoms with Gasteiger partial charge in [-0.25, -0.2) is 18.9 Å². The Kier molecular flexibility index (Phi) is 12.9. The van der Waals surface area contributed by atoms with E-state index in [4.69, 9.17) is 33.2 Å². The number of imide groups is 1. The number of nitrogens with one attached hydrogen (secondary N) is 2. The molecule has 1 aromatic carbocycles. The zero-order valence-corrected chi connectivity index (χ0v) is 32.9. The van der Waals surface area contributed by atoms with E-state index in [9.17, 15) is 14.4 Å². The zero-order chi connectivity index (χ0) is 40.1. The molecule has 2 aliphatic heterocycles. The molecule has 5 rings (SSSR count). The number of anilines is 2. The number of aromatic amines is 1. The molecule has 3 amide bonds. The zero-order valence-electron chi connectivity index (χ0n) is 32.9. The average Bonchev–Trinajstić information content (AvgIpc) is 3.50. The monoisotopic (exact) mass is 769 g/mol. The number of fused-ring (bicyclic) bond motifs is 1. The molecule has 15 nitrogen and oxygen atoms in total. The molecule has 2 aliphatic rings. The van der Waals surface area contributed by atoms with Crippen LogP contribution in [0.15, 0.2) is 36.7 Å². The molecule has 0 radical (unpaired) electrons. The van der Waals surface area contributed by atoms with Crippen LogP contribution in [0.3, 0.4) is 0 Å². The smallest absolute Gasteiger partial charge is 0.417 e. The molecular formula is C39H52FN5O10. The third-order valence-corrected chi connectivity index (χ3v) is 8.89. The number of halogens is 1. The van der Waals surface area contributed by atoms with Crippen molar-refractivity contribution < 1.29 is 51.9 Å². The molecule has 0 saturated carbocycles. The number of carbonyl (C=O) groups is 3. The third-order valence-electron chi connectivity index (χ3n) is 8.89. The first-order chi connectivity index (χ1) is 26.0. The van der Waals surface area contributed by atoms with E-state index in [1.54, 1.807) is 44.0 Å². The highest BCUT2D eigenvalue weighted by atomic mass is 19.1. The first-order valence-corrected chi connectivity index (χ1v) is 18.2. The van der Waals surface area contributed by atoms with Crippen LogP contribution >= 0.6 is 0 Å². The fraction of sp³-hybridized carbons (Fsp3) is 0.538. The van der Waals surface area contributed by atoms with E-state index in [0.717, 1.165) is 4.90 Å². The third kappa shape index (κ3) is 10.0. The van der Waals surface area contributed by atoms with Crippen molar-refractivity contribution in [1.82, 2.24) is 19.8 Å². The summed E-state index contributed by atoms with van der Waals surface area (Å²) in [6.07, 6.45) is 1.73. The molecule has 1 fully saturated rings. The van der Waals surface area contributed by atoms with Gasteiger partial charge in [0.05, 0.1) is 49.1 Å². The number of nitrogens with zero attached hydrogens (tertiary/aromatic N) is 3. The topological polar surface area (TPSA) is 163 Å². The first kappa shape index (κ1) is 41.2. The standard InChI is InChI=1S/C39H52FN5O10/c1-38(2,3)54-36(47)44-17-18-52-24(21-44)22-53-28-19-41-16-15-25(28)32-33(42-27-12-10-11-26(40)34(27)51-9)30-31(43-32)23(13-14-29(49-7)50-8)20-45(35(30)46)37(48)55-39(4,5)6/h10-12,15-16,19,23-24,29,42-43H,13-14,17-18,20-22H2,1-9H3/t23?,24-/m0/s1. The van der Waals surface area contributed by atoms with Crippen LogP contribution < -0.4 is 14.8 Å². The highest BCUT2D eigenvalue weighted by molar-refractivity contribution is 6.11. The van der Waals surface area contributed by atoms with E-state index < -0.39 is 53.4 Å². The van der Waals surface area contributed by atoms with Gasteiger partial charge >= 0.3 is 12.2 Å². The summed E-state index contributed by atoms with van der Waals surface area (Å²) in [4.78, 5) is 51.4. The number of morpholine rings is 1. The van der Waals surface area contributed by atoms with E-state index in [1.807, 2.05) is 20.8 Å². The highest BCUT2D eigenvalue weighted by Gasteiger charge is 2.42. The van der Waals surface area contributed by atoms with Gasteiger partial charge in [0.2, 0.25) is 0 Å². The maximum absolute atomic E-state index is 15.0. The molecule has 1 unspecified atom stereocenters. The number of aromatic nitrogens is 2. The van der Waals surface area contributed by atoms with Gasteiger partial charge in [0.15, 0.2) is 17.9 Å². The lowest BCUT2D eigenvalue weighted by molar-refractivity contribution is -0.107. The van der Waals surface area contributed by atoms with Crippen LogP contribution in [0.2, 0.25) is 0 Å². The first-order valence-electron chi connectivity index (χ1n) is 18.2. The largest absolute Gasteiger partial charge is 0.492 e. The SMILES string of the molecule is COc1c(F)cccc1Nc1c(-c2ccncc2OC[C@@H]2CN(C(=O)OC(C)(C)C)CCO2)[nH]c2c1C(=O)N(C(=O)OC(C)(C)C)CC2CCC(OC)OC. The molecule has 4 heterocycles. The Labute approximate surface area is 320 Å². The molecule has 55 heavy (non-hydrogen) atoms. The molecule has 0 bridgehead atoms. The van der Waals surface area contributed by atoms with E-state index >= 15 is 4.39 Å². The van der Waals surface area contributed by atoms with Gasteiger partial charge in [-0.1, -0.05) is 6.07 Å². The van der Waals surface area contributed by atoms with Gasteiger partial charge in [-0.3, -0.25) is 9.78 Å². The minimum atomic E-state index is -0.876. The Morgan fingerprint density at radius 1 is 1.04 bits per heavy atom. The number of pyridine rings is 1. The maximum atomic E-state index is 15.0. The molecule has 0 aliphatic carbocycles. The summed E-state index contributed by atoms with van der Waals surface area (Å²) in [7, 11) is 4.42. The van der Waals surface area contributed by atoms with Crippen LogP contribution in [0.4, 0.5) is 25.4 Å². The Balaban J connectivity index is 1.58. The molecular weight excluding hydrogens is 717 g/mol. The highest BCUT2D eigenvalue weighted by Crippen LogP contribution is 2.46. The second-order valence-electron chi connectivity index (χ2n) is 15.3. The normalized spacial score (nSPS) is 17.5. The van der Waals surface area contributed by atoms with E-state index in [-0.39, 0.29) is 42.4 Å². The molecule has 2 N–H and O–H groups in total. The summed E-state index contributed by atoms with van der Waals surface area (Å²) in [6.45, 7) is 11.6. The van der Waals surface area contributed by atoms with Crippen LogP contribution in [-0.4, -0.2) is 116 Å². The molecule has 2 atom stereocenters. The predicted molar refractivity (Wildman–Crippen MR) is 200 cm³/mol. The van der Waals surface area contributed by atoms with Gasteiger partial charge < -0.3 is 48.4 Å². The minimum absolute atomic E-state index is 0.0104. The Hall–Kier alpha value is -4.93. The Morgan fingerprint density at radius 2 is 1.75 bits per heavy atom. The number of hydrogen-bond donors (Lipinski definition) is 2. The minimum Gasteiger partial charge on any atom is -0.492 e. The van der Waals surface area contributed by atoms with Crippen molar-refractivity contribution in [2.75, 3.05) is 59.5 Å². The van der Waals surface area contributed by atoms with Crippen molar-refractivity contribution in [3.8, 4) is 22.8 Å². The molecule has 2 aromatic heterocycles. The maximum Gasteiger partial charge on any atom is 0.417 e. The number of amides is 3. The molecule has 1 saturated heterocycles. The van der Waals surface area contributed by atoms with E-state index in [2.05, 4.69) is 15.3 Å². The number of H-pyrrole nitrogens is 1. The van der Waals surface area contributed by atoms with Crippen molar-refractivity contribution in [3.63, 3.8) is 0 Å². The van der Waals surface area contributed by atoms with Crippen LogP contribution in [0.25, 0.3) is 11.3 Å². The second-order valence-corrected chi connectivity index (χ2v) is 15.3. The fourth-order valence-electron chi connectivity index (χ4n) is 6.43. The van der Waals surface area contributed by atoms with Gasteiger partial charge in [0, 0.05) is 50.7 Å². The molecule has 16 heteroatoms. The fourth-order valence-corrected chi connectivity index (χ4v) is 6.43. The van der Waals surface area contributed by atoms with Crippen LogP contribution in [-0.2, 0) is 23.7 Å². The number of carbonyl (C=O) groups excluding carboxylic acids is 3. The number of para-hydroxylation sites is 1. The average molecular weight is 770 g/mol. The van der Waals surface area contributed by atoms with E-state index in [0.29, 0.717) is 48.7 Å². The van der Waals surface area contributed by atoms with Crippen molar-refractivity contribution in [2.45, 2.75) is 83.9 Å². The summed E-state index contributed by atoms with van der Waals surface area (Å²) in [5, 5.41) is 3.25. The van der Waals surface area contributed by atoms with Gasteiger partial charge in [-0.15, -0.1) is 0 Å². The van der Waals surface area contributed by atoms with Crippen molar-refractivity contribution in [2.24, 2.45) is 0 Å². The number of ether oxygens (including phenoxy) is 7. The lowest BCUT2D eigenvalue weighted by Gasteiger charge is -2.34. The van der Waals surface area contributed by atoms with Crippen LogP contribution in [0, 0.1) is 5.82 Å². The molecule has 3 aromatic rings. The number of rotatable bonds is 12. The van der Waals surface area contributed by atoms with Crippen LogP contribution in [0.1, 0.15) is 76.4 Å². The summed E-state index contributed by atoms with van der Waals surface area (Å²) in [5.74, 6) is -1.41. The second kappa shape index (κ2) is 17.3. The van der Waals surface area contributed by atoms with Gasteiger partial charge in [0.25, 0.3) is 5.91 Å². The quantitative estimate of drug-likeness (QED) is 0.185. The summed E-state index contributed by atoms with van der Waals surface area (Å²) in [5.41, 5.74) is 0.560. The summed E-state index contributed by atoms with van der Waals surface area (Å²) >= 11 is 0. The lowest BCUT2D eigenvalue weighted by Crippen LogP contribution is -2.49. The van der Waals surface area contributed by atoms with Gasteiger partial charge in [0.1, 0.15) is 29.7 Å². The molecule has 300 valence electrons. The van der Waals surface area contributed by atoms with Crippen molar-refractivity contribution >= 4 is 29.5 Å². The Morgan fingerprint density at radius 3 is 2.42 bits per heavy atom. The predicted octanol–water partition coefficient (Wildman–Crippen LogP) is 6.86. The van der Waals surface area contributed by atoms with E-state index in [1.165, 1.54) is 39.7 Å². The summed E-state index contributed by atoms with van der Waals surface area (Å²) < 4.78 is 54.9. The number of benzene rings is 1. The van der Waals surface area contributed by atoms with Gasteiger partial charge in [-0.05, 0) is 72.6 Å². The Bertz CT molecular complexity index is 1830. The van der Waals surface area contributed by atoms with Gasteiger partial charge in [-0.2, -0.15) is 0 Å². The number of methoxy groups -OCH3 is 3. The lowest BCUT2D eigenvalue weighted by atomic mass is 9.91. The molecule has 0 spiro atoms. The number of hydrogen-bond acceptors (Lipinski definition) is 12. The van der Waals surface area contributed by atoms with Crippen molar-refractivity contribution in [3.05, 3.63) is 53.7 Å². The van der Waals surface area contributed by atoms with Crippen molar-refractivity contribution in [1.29, 1.82) is 0 Å². The van der Waals surface area contributed by atoms with Crippen LogP contribution in [0.5, 0.6) is 11.5 Å².